The number of thioether (sulfide) groups is 1. The lowest BCUT2D eigenvalue weighted by Gasteiger charge is -2.17. The Bertz CT molecular complexity index is 748. The van der Waals surface area contributed by atoms with Crippen LogP contribution in [-0.2, 0) is 4.79 Å². The lowest BCUT2D eigenvalue weighted by molar-refractivity contribution is -0.117. The minimum Gasteiger partial charge on any atom is -0.322 e. The molecule has 0 aliphatic carbocycles. The molecule has 3 rings (SSSR count). The second-order valence-electron chi connectivity index (χ2n) is 5.21. The van der Waals surface area contributed by atoms with Crippen LogP contribution in [0.25, 0.3) is 0 Å². The maximum Gasteiger partial charge on any atom is 0.258 e. The second-order valence-corrected chi connectivity index (χ2v) is 6.01. The van der Waals surface area contributed by atoms with Crippen molar-refractivity contribution in [3.8, 4) is 0 Å². The Kier molecular flexibility index (Phi) is 4.62. The average molecular weight is 327 g/mol. The lowest BCUT2D eigenvalue weighted by Crippen LogP contribution is -2.23. The Labute approximate surface area is 139 Å². The number of aromatic nitrogens is 1. The molecule has 1 fully saturated rings. The van der Waals surface area contributed by atoms with Crippen molar-refractivity contribution in [2.24, 2.45) is 0 Å². The molecule has 5 nitrogen and oxygen atoms in total. The number of nitrogens with zero attached hydrogens (tertiary/aromatic N) is 2. The number of nitrogens with one attached hydrogen (secondary N) is 1. The Balaban J connectivity index is 1.80. The number of pyridine rings is 1. The molecular weight excluding hydrogens is 310 g/mol. The van der Waals surface area contributed by atoms with Gasteiger partial charge in [-0.05, 0) is 43.0 Å². The van der Waals surface area contributed by atoms with Gasteiger partial charge in [-0.25, -0.2) is 4.98 Å². The van der Waals surface area contributed by atoms with Crippen LogP contribution in [0.1, 0.15) is 23.2 Å². The fourth-order valence-corrected chi connectivity index (χ4v) is 3.14. The number of rotatable bonds is 4. The Morgan fingerprint density at radius 2 is 2.17 bits per heavy atom. The van der Waals surface area contributed by atoms with E-state index in [0.717, 1.165) is 18.7 Å². The molecule has 0 bridgehead atoms. The molecule has 0 saturated carbocycles. The summed E-state index contributed by atoms with van der Waals surface area (Å²) in [6.07, 6.45) is 5.02. The van der Waals surface area contributed by atoms with Crippen molar-refractivity contribution in [1.82, 2.24) is 4.98 Å². The largest absolute Gasteiger partial charge is 0.322 e. The highest BCUT2D eigenvalue weighted by atomic mass is 32.2. The summed E-state index contributed by atoms with van der Waals surface area (Å²) in [5.41, 5.74) is 2.03. The van der Waals surface area contributed by atoms with Gasteiger partial charge in [-0.2, -0.15) is 0 Å². The first-order valence-electron chi connectivity index (χ1n) is 7.40. The third-order valence-electron chi connectivity index (χ3n) is 3.70. The number of carbonyl (C=O) groups excluding carboxylic acids is 2. The zero-order valence-electron chi connectivity index (χ0n) is 12.8. The molecule has 1 saturated heterocycles. The van der Waals surface area contributed by atoms with Gasteiger partial charge in [-0.3, -0.25) is 9.59 Å². The van der Waals surface area contributed by atoms with Gasteiger partial charge in [-0.15, -0.1) is 11.8 Å². The molecule has 1 aliphatic heterocycles. The van der Waals surface area contributed by atoms with Crippen LogP contribution in [0.15, 0.2) is 47.6 Å². The van der Waals surface area contributed by atoms with Gasteiger partial charge in [0.2, 0.25) is 5.91 Å². The molecule has 0 spiro atoms. The first-order valence-corrected chi connectivity index (χ1v) is 8.62. The molecule has 1 aromatic carbocycles. The molecule has 0 unspecified atom stereocenters. The van der Waals surface area contributed by atoms with Gasteiger partial charge < -0.3 is 10.2 Å². The minimum atomic E-state index is -0.202. The standard InChI is InChI=1S/C17H17N3O2S/c1-23-17-14(7-3-9-18-17)16(22)19-12-5-2-6-13(11-12)20-10-4-8-15(20)21/h2-3,5-7,9,11H,4,8,10H2,1H3,(H,19,22). The molecule has 1 aliphatic rings. The summed E-state index contributed by atoms with van der Waals surface area (Å²) in [5.74, 6) is -0.0715. The van der Waals surface area contributed by atoms with Crippen LogP contribution in [-0.4, -0.2) is 29.6 Å². The number of benzene rings is 1. The van der Waals surface area contributed by atoms with E-state index in [1.165, 1.54) is 11.8 Å². The summed E-state index contributed by atoms with van der Waals surface area (Å²) in [5, 5.41) is 3.57. The highest BCUT2D eigenvalue weighted by molar-refractivity contribution is 7.98. The number of hydrogen-bond donors (Lipinski definition) is 1. The first-order chi connectivity index (χ1) is 11.2. The van der Waals surface area contributed by atoms with Gasteiger partial charge >= 0.3 is 0 Å². The SMILES string of the molecule is CSc1ncccc1C(=O)Nc1cccc(N2CCCC2=O)c1. The lowest BCUT2D eigenvalue weighted by atomic mass is 10.2. The van der Waals surface area contributed by atoms with Crippen molar-refractivity contribution in [1.29, 1.82) is 0 Å². The summed E-state index contributed by atoms with van der Waals surface area (Å²) in [7, 11) is 0. The van der Waals surface area contributed by atoms with E-state index >= 15 is 0 Å². The zero-order chi connectivity index (χ0) is 16.2. The van der Waals surface area contributed by atoms with E-state index in [1.54, 1.807) is 23.2 Å². The quantitative estimate of drug-likeness (QED) is 0.876. The molecule has 2 amide bonds. The van der Waals surface area contributed by atoms with Gasteiger partial charge in [0, 0.05) is 30.5 Å². The van der Waals surface area contributed by atoms with Crippen LogP contribution >= 0.6 is 11.8 Å². The maximum atomic E-state index is 12.4. The second kappa shape index (κ2) is 6.83. The highest BCUT2D eigenvalue weighted by Gasteiger charge is 2.22. The molecule has 23 heavy (non-hydrogen) atoms. The van der Waals surface area contributed by atoms with E-state index in [0.29, 0.717) is 22.7 Å². The third kappa shape index (κ3) is 3.37. The van der Waals surface area contributed by atoms with E-state index in [1.807, 2.05) is 30.5 Å². The summed E-state index contributed by atoms with van der Waals surface area (Å²) in [4.78, 5) is 30.2. The van der Waals surface area contributed by atoms with E-state index in [-0.39, 0.29) is 11.8 Å². The normalized spacial score (nSPS) is 14.1. The number of amides is 2. The fraction of sp³-hybridized carbons (Fsp3) is 0.235. The summed E-state index contributed by atoms with van der Waals surface area (Å²) in [6, 6.07) is 10.9. The molecule has 2 heterocycles. The molecule has 1 aromatic heterocycles. The number of carbonyl (C=O) groups is 2. The van der Waals surface area contributed by atoms with Crippen molar-refractivity contribution >= 4 is 35.0 Å². The minimum absolute atomic E-state index is 0.130. The zero-order valence-corrected chi connectivity index (χ0v) is 13.6. The first kappa shape index (κ1) is 15.6. The van der Waals surface area contributed by atoms with E-state index in [9.17, 15) is 9.59 Å². The van der Waals surface area contributed by atoms with Crippen LogP contribution in [0.5, 0.6) is 0 Å². The summed E-state index contributed by atoms with van der Waals surface area (Å²) < 4.78 is 0. The maximum absolute atomic E-state index is 12.4. The van der Waals surface area contributed by atoms with Crippen molar-refractivity contribution in [3.05, 3.63) is 48.2 Å². The van der Waals surface area contributed by atoms with Crippen molar-refractivity contribution < 1.29 is 9.59 Å². The van der Waals surface area contributed by atoms with E-state index < -0.39 is 0 Å². The predicted molar refractivity (Wildman–Crippen MR) is 92.0 cm³/mol. The number of anilines is 2. The van der Waals surface area contributed by atoms with Crippen LogP contribution in [0.4, 0.5) is 11.4 Å². The third-order valence-corrected chi connectivity index (χ3v) is 4.41. The Morgan fingerprint density at radius 1 is 1.30 bits per heavy atom. The average Bonchev–Trinajstić information content (AvgIpc) is 3.01. The van der Waals surface area contributed by atoms with Crippen LogP contribution < -0.4 is 10.2 Å². The van der Waals surface area contributed by atoms with Gasteiger partial charge in [0.25, 0.3) is 5.91 Å². The van der Waals surface area contributed by atoms with E-state index in [4.69, 9.17) is 0 Å². The Hall–Kier alpha value is -2.34. The molecule has 6 heteroatoms. The Morgan fingerprint density at radius 3 is 2.91 bits per heavy atom. The van der Waals surface area contributed by atoms with E-state index in [2.05, 4.69) is 10.3 Å². The smallest absolute Gasteiger partial charge is 0.258 e. The van der Waals surface area contributed by atoms with Gasteiger partial charge in [0.1, 0.15) is 5.03 Å². The van der Waals surface area contributed by atoms with Gasteiger partial charge in [0.15, 0.2) is 0 Å². The fourth-order valence-electron chi connectivity index (χ4n) is 2.60. The summed E-state index contributed by atoms with van der Waals surface area (Å²) >= 11 is 1.43. The highest BCUT2D eigenvalue weighted by Crippen LogP contribution is 2.25. The van der Waals surface area contributed by atoms with Crippen LogP contribution in [0.2, 0.25) is 0 Å². The molecule has 1 N–H and O–H groups in total. The number of hydrogen-bond acceptors (Lipinski definition) is 4. The van der Waals surface area contributed by atoms with Crippen molar-refractivity contribution in [3.63, 3.8) is 0 Å². The predicted octanol–water partition coefficient (Wildman–Crippen LogP) is 3.18. The van der Waals surface area contributed by atoms with Crippen LogP contribution in [0.3, 0.4) is 0 Å². The topological polar surface area (TPSA) is 62.3 Å². The molecule has 118 valence electrons. The summed E-state index contributed by atoms with van der Waals surface area (Å²) in [6.45, 7) is 0.732. The molecule has 2 aromatic rings. The van der Waals surface area contributed by atoms with Crippen molar-refractivity contribution in [2.75, 3.05) is 23.0 Å². The monoisotopic (exact) mass is 327 g/mol. The van der Waals surface area contributed by atoms with Gasteiger partial charge in [-0.1, -0.05) is 6.07 Å². The molecule has 0 atom stereocenters. The van der Waals surface area contributed by atoms with Crippen molar-refractivity contribution in [2.45, 2.75) is 17.9 Å². The molecular formula is C17H17N3O2S. The van der Waals surface area contributed by atoms with Gasteiger partial charge in [0.05, 0.1) is 5.56 Å². The van der Waals surface area contributed by atoms with Crippen LogP contribution in [0, 0.1) is 0 Å². The molecule has 0 radical (unpaired) electrons.